The molecule has 0 aliphatic heterocycles. The Kier molecular flexibility index (Phi) is 9.77. The summed E-state index contributed by atoms with van der Waals surface area (Å²) in [6.07, 6.45) is 2.76. The van der Waals surface area contributed by atoms with Crippen molar-refractivity contribution in [2.75, 3.05) is 19.7 Å². The van der Waals surface area contributed by atoms with E-state index in [0.29, 0.717) is 16.5 Å². The molecule has 0 spiro atoms. The van der Waals surface area contributed by atoms with Crippen molar-refractivity contribution in [1.82, 2.24) is 9.80 Å². The molecule has 0 saturated heterocycles. The van der Waals surface area contributed by atoms with E-state index in [1.807, 2.05) is 43.3 Å². The zero-order valence-electron chi connectivity index (χ0n) is 21.3. The Morgan fingerprint density at radius 2 is 1.76 bits per heavy atom. The number of hydrogen-bond acceptors (Lipinski definition) is 6. The predicted octanol–water partition coefficient (Wildman–Crippen LogP) is 3.99. The number of carbonyl (C=O) groups excluding carboxylic acids is 3. The van der Waals surface area contributed by atoms with E-state index in [1.54, 1.807) is 19.1 Å². The van der Waals surface area contributed by atoms with Gasteiger partial charge in [0.15, 0.2) is 5.43 Å². The van der Waals surface area contributed by atoms with Gasteiger partial charge in [0.1, 0.15) is 12.1 Å². The van der Waals surface area contributed by atoms with Crippen molar-refractivity contribution in [3.05, 3.63) is 94.4 Å². The van der Waals surface area contributed by atoms with Gasteiger partial charge in [-0.1, -0.05) is 48.0 Å². The quantitative estimate of drug-likeness (QED) is 0.273. The fraction of sp³-hybridized carbons (Fsp3) is 0.310. The number of hydrogen-bond donors (Lipinski definition) is 0. The molecule has 8 nitrogen and oxygen atoms in total. The minimum atomic E-state index is -0.468. The predicted molar refractivity (Wildman–Crippen MR) is 141 cm³/mol. The van der Waals surface area contributed by atoms with Crippen LogP contribution in [0.3, 0.4) is 0 Å². The minimum absolute atomic E-state index is 0.0128. The summed E-state index contributed by atoms with van der Waals surface area (Å²) >= 11 is 0. The Morgan fingerprint density at radius 3 is 2.46 bits per heavy atom. The lowest BCUT2D eigenvalue weighted by atomic mass is 10.1. The van der Waals surface area contributed by atoms with Crippen LogP contribution in [-0.4, -0.2) is 47.3 Å². The maximum atomic E-state index is 13.5. The molecule has 37 heavy (non-hydrogen) atoms. The van der Waals surface area contributed by atoms with Crippen LogP contribution in [0, 0.1) is 6.92 Å². The molecule has 0 bridgehead atoms. The number of amides is 2. The lowest BCUT2D eigenvalue weighted by Crippen LogP contribution is -2.43. The van der Waals surface area contributed by atoms with Gasteiger partial charge in [0, 0.05) is 19.5 Å². The van der Waals surface area contributed by atoms with Gasteiger partial charge in [-0.15, -0.1) is 6.58 Å². The molecule has 0 saturated carbocycles. The average Bonchev–Trinajstić information content (AvgIpc) is 2.89. The lowest BCUT2D eigenvalue weighted by Gasteiger charge is -2.27. The van der Waals surface area contributed by atoms with Gasteiger partial charge in [-0.25, -0.2) is 0 Å². The fourth-order valence-electron chi connectivity index (χ4n) is 3.91. The second kappa shape index (κ2) is 13.2. The van der Waals surface area contributed by atoms with Crippen LogP contribution in [0.25, 0.3) is 11.0 Å². The SMILES string of the molecule is C=CCN(CC(=O)N(Cc1ccccc1)Cc1coc2ccc(C)cc2c1=O)C(=O)CCC(=O)OCC. The van der Waals surface area contributed by atoms with Gasteiger partial charge in [0.25, 0.3) is 0 Å². The number of ether oxygens (including phenoxy) is 1. The molecule has 0 aliphatic rings. The zero-order chi connectivity index (χ0) is 26.8. The van der Waals surface area contributed by atoms with Crippen LogP contribution in [0.5, 0.6) is 0 Å². The highest BCUT2D eigenvalue weighted by Crippen LogP contribution is 2.16. The number of carbonyl (C=O) groups is 3. The summed E-state index contributed by atoms with van der Waals surface area (Å²) in [5.74, 6) is -1.18. The van der Waals surface area contributed by atoms with Gasteiger partial charge >= 0.3 is 5.97 Å². The second-order valence-electron chi connectivity index (χ2n) is 8.69. The van der Waals surface area contributed by atoms with Crippen molar-refractivity contribution in [1.29, 1.82) is 0 Å². The largest absolute Gasteiger partial charge is 0.466 e. The summed E-state index contributed by atoms with van der Waals surface area (Å²) in [6.45, 7) is 7.67. The van der Waals surface area contributed by atoms with Crippen LogP contribution in [0.4, 0.5) is 0 Å². The Morgan fingerprint density at radius 1 is 1.00 bits per heavy atom. The van der Waals surface area contributed by atoms with Crippen molar-refractivity contribution in [3.63, 3.8) is 0 Å². The highest BCUT2D eigenvalue weighted by atomic mass is 16.5. The summed E-state index contributed by atoms with van der Waals surface area (Å²) in [5, 5.41) is 0.451. The molecule has 2 amide bonds. The number of fused-ring (bicyclic) bond motifs is 1. The molecule has 1 aromatic heterocycles. The van der Waals surface area contributed by atoms with E-state index < -0.39 is 5.97 Å². The van der Waals surface area contributed by atoms with Crippen molar-refractivity contribution in [3.8, 4) is 0 Å². The first kappa shape index (κ1) is 27.4. The Hall–Kier alpha value is -4.20. The van der Waals surface area contributed by atoms with Crippen molar-refractivity contribution in [2.45, 2.75) is 39.8 Å². The third-order valence-electron chi connectivity index (χ3n) is 5.81. The van der Waals surface area contributed by atoms with Crippen LogP contribution in [0.2, 0.25) is 0 Å². The van der Waals surface area contributed by atoms with Gasteiger partial charge in [-0.2, -0.15) is 0 Å². The number of nitrogens with zero attached hydrogens (tertiary/aromatic N) is 2. The van der Waals surface area contributed by atoms with Gasteiger partial charge in [0.2, 0.25) is 11.8 Å². The molecule has 3 aromatic rings. The summed E-state index contributed by atoms with van der Waals surface area (Å²) in [6, 6.07) is 14.8. The van der Waals surface area contributed by atoms with E-state index in [2.05, 4.69) is 6.58 Å². The van der Waals surface area contributed by atoms with Crippen molar-refractivity contribution in [2.24, 2.45) is 0 Å². The molecule has 194 valence electrons. The highest BCUT2D eigenvalue weighted by molar-refractivity contribution is 5.87. The molecular formula is C29H32N2O6. The van der Waals surface area contributed by atoms with E-state index in [0.717, 1.165) is 11.1 Å². The van der Waals surface area contributed by atoms with E-state index in [-0.39, 0.29) is 62.9 Å². The summed E-state index contributed by atoms with van der Waals surface area (Å²) in [4.78, 5) is 54.0. The smallest absolute Gasteiger partial charge is 0.306 e. The molecule has 0 aliphatic carbocycles. The molecule has 0 fully saturated rings. The Bertz CT molecular complexity index is 1310. The molecule has 0 unspecified atom stereocenters. The van der Waals surface area contributed by atoms with Crippen LogP contribution < -0.4 is 5.43 Å². The number of benzene rings is 2. The highest BCUT2D eigenvalue weighted by Gasteiger charge is 2.23. The topological polar surface area (TPSA) is 97.1 Å². The Balaban J connectivity index is 1.84. The van der Waals surface area contributed by atoms with Crippen molar-refractivity contribution < 1.29 is 23.5 Å². The fourth-order valence-corrected chi connectivity index (χ4v) is 3.91. The summed E-state index contributed by atoms with van der Waals surface area (Å²) < 4.78 is 10.6. The van der Waals surface area contributed by atoms with Gasteiger partial charge in [-0.3, -0.25) is 19.2 Å². The van der Waals surface area contributed by atoms with Crippen LogP contribution in [0.15, 0.2) is 76.7 Å². The molecule has 0 radical (unpaired) electrons. The molecular weight excluding hydrogens is 472 g/mol. The normalized spacial score (nSPS) is 10.6. The van der Waals surface area contributed by atoms with E-state index >= 15 is 0 Å². The van der Waals surface area contributed by atoms with Crippen LogP contribution >= 0.6 is 0 Å². The van der Waals surface area contributed by atoms with Gasteiger partial charge in [0.05, 0.1) is 36.8 Å². The lowest BCUT2D eigenvalue weighted by molar-refractivity contribution is -0.146. The summed E-state index contributed by atoms with van der Waals surface area (Å²) in [7, 11) is 0. The third-order valence-corrected chi connectivity index (χ3v) is 5.81. The molecule has 1 heterocycles. The summed E-state index contributed by atoms with van der Waals surface area (Å²) in [5.41, 5.74) is 2.41. The van der Waals surface area contributed by atoms with Gasteiger partial charge < -0.3 is 19.0 Å². The van der Waals surface area contributed by atoms with Gasteiger partial charge in [-0.05, 0) is 31.5 Å². The van der Waals surface area contributed by atoms with Crippen molar-refractivity contribution >= 4 is 28.8 Å². The molecule has 3 rings (SSSR count). The first-order chi connectivity index (χ1) is 17.8. The molecule has 0 N–H and O–H groups in total. The maximum absolute atomic E-state index is 13.5. The van der Waals surface area contributed by atoms with E-state index in [9.17, 15) is 19.2 Å². The van der Waals surface area contributed by atoms with Crippen LogP contribution in [-0.2, 0) is 32.2 Å². The average molecular weight is 505 g/mol. The van der Waals surface area contributed by atoms with E-state index in [1.165, 1.54) is 22.1 Å². The standard InChI is InChI=1S/C29H32N2O6/c1-4-15-30(26(32)13-14-28(34)36-5-2)19-27(33)31(17-22-9-7-6-8-10-22)18-23-20-37-25-12-11-21(3)16-24(25)29(23)35/h4,6-12,16,20H,1,5,13-15,17-19H2,2-3H3. The maximum Gasteiger partial charge on any atom is 0.306 e. The first-order valence-electron chi connectivity index (χ1n) is 12.2. The Labute approximate surface area is 216 Å². The van der Waals surface area contributed by atoms with E-state index in [4.69, 9.17) is 9.15 Å². The van der Waals surface area contributed by atoms with Crippen LogP contribution in [0.1, 0.15) is 36.5 Å². The number of aryl methyl sites for hydroxylation is 1. The molecule has 0 atom stereocenters. The minimum Gasteiger partial charge on any atom is -0.466 e. The monoisotopic (exact) mass is 504 g/mol. The second-order valence-corrected chi connectivity index (χ2v) is 8.69. The molecule has 8 heteroatoms. The molecule has 2 aromatic carbocycles. The number of rotatable bonds is 12. The zero-order valence-corrected chi connectivity index (χ0v) is 21.3. The third kappa shape index (κ3) is 7.64. The number of esters is 1. The first-order valence-corrected chi connectivity index (χ1v) is 12.2.